The smallest absolute Gasteiger partial charge is 0.222 e. The van der Waals surface area contributed by atoms with Crippen LogP contribution in [0, 0.1) is 5.92 Å². The number of benzene rings is 1. The fourth-order valence-electron chi connectivity index (χ4n) is 3.30. The van der Waals surface area contributed by atoms with Crippen molar-refractivity contribution in [2.45, 2.75) is 19.3 Å². The van der Waals surface area contributed by atoms with Gasteiger partial charge in [0.15, 0.2) is 0 Å². The van der Waals surface area contributed by atoms with Crippen LogP contribution in [-0.4, -0.2) is 50.1 Å². The van der Waals surface area contributed by atoms with Gasteiger partial charge in [0, 0.05) is 38.3 Å². The molecule has 2 fully saturated rings. The molecule has 1 N–H and O–H groups in total. The number of hydrogen-bond acceptors (Lipinski definition) is 3. The Kier molecular flexibility index (Phi) is 8.74. The van der Waals surface area contributed by atoms with E-state index in [9.17, 15) is 4.79 Å². The Balaban J connectivity index is 0.00000132. The monoisotopic (exact) mass is 359 g/mol. The van der Waals surface area contributed by atoms with Crippen molar-refractivity contribution in [1.29, 1.82) is 0 Å². The number of carbonyl (C=O) groups is 1. The van der Waals surface area contributed by atoms with Crippen LogP contribution in [0.4, 0.5) is 5.69 Å². The highest BCUT2D eigenvalue weighted by Gasteiger charge is 2.22. The highest BCUT2D eigenvalue weighted by Crippen LogP contribution is 2.18. The number of carbonyl (C=O) groups excluding carboxylic acids is 1. The van der Waals surface area contributed by atoms with Gasteiger partial charge in [-0.3, -0.25) is 4.79 Å². The summed E-state index contributed by atoms with van der Waals surface area (Å²) in [4.78, 5) is 16.7. The van der Waals surface area contributed by atoms with Gasteiger partial charge in [0.1, 0.15) is 0 Å². The van der Waals surface area contributed by atoms with Crippen LogP contribution < -0.4 is 10.2 Å². The highest BCUT2D eigenvalue weighted by atomic mass is 35.5. The van der Waals surface area contributed by atoms with Crippen LogP contribution in [0.5, 0.6) is 0 Å². The Labute approximate surface area is 151 Å². The van der Waals surface area contributed by atoms with E-state index in [1.807, 2.05) is 11.0 Å². The number of hydrogen-bond donors (Lipinski definition) is 1. The third-order valence-corrected chi connectivity index (χ3v) is 4.68. The van der Waals surface area contributed by atoms with E-state index in [1.165, 1.54) is 12.1 Å². The van der Waals surface area contributed by atoms with E-state index in [-0.39, 0.29) is 24.8 Å². The Morgan fingerprint density at radius 2 is 1.78 bits per heavy atom. The van der Waals surface area contributed by atoms with E-state index in [4.69, 9.17) is 0 Å². The summed E-state index contributed by atoms with van der Waals surface area (Å²) in [6.07, 6.45) is 3.00. The third-order valence-electron chi connectivity index (χ3n) is 4.68. The third kappa shape index (κ3) is 5.55. The lowest BCUT2D eigenvalue weighted by Gasteiger charge is -2.36. The summed E-state index contributed by atoms with van der Waals surface area (Å²) in [7, 11) is 0. The van der Waals surface area contributed by atoms with Gasteiger partial charge in [-0.05, 0) is 44.0 Å². The maximum Gasteiger partial charge on any atom is 0.222 e. The zero-order valence-electron chi connectivity index (χ0n) is 13.4. The Hall–Kier alpha value is -0.970. The number of anilines is 1. The van der Waals surface area contributed by atoms with Crippen LogP contribution in [0.1, 0.15) is 19.3 Å². The van der Waals surface area contributed by atoms with Gasteiger partial charge in [0.2, 0.25) is 5.91 Å². The van der Waals surface area contributed by atoms with Gasteiger partial charge in [0.05, 0.1) is 0 Å². The largest absolute Gasteiger partial charge is 0.368 e. The molecule has 6 heteroatoms. The summed E-state index contributed by atoms with van der Waals surface area (Å²) in [5, 5.41) is 3.37. The molecule has 1 amide bonds. The van der Waals surface area contributed by atoms with Crippen molar-refractivity contribution < 1.29 is 4.79 Å². The molecule has 0 saturated carbocycles. The summed E-state index contributed by atoms with van der Waals surface area (Å²) in [5.74, 6) is 1.05. The van der Waals surface area contributed by atoms with Crippen molar-refractivity contribution in [3.05, 3.63) is 30.3 Å². The minimum absolute atomic E-state index is 0. The van der Waals surface area contributed by atoms with Gasteiger partial charge in [-0.2, -0.15) is 0 Å². The quantitative estimate of drug-likeness (QED) is 0.897. The van der Waals surface area contributed by atoms with Crippen molar-refractivity contribution in [2.75, 3.05) is 44.2 Å². The molecule has 0 aliphatic carbocycles. The van der Waals surface area contributed by atoms with Gasteiger partial charge in [-0.15, -0.1) is 24.8 Å². The first kappa shape index (κ1) is 20.1. The van der Waals surface area contributed by atoms with Gasteiger partial charge in [0.25, 0.3) is 0 Å². The molecular formula is C17H27Cl2N3O. The lowest BCUT2D eigenvalue weighted by Crippen LogP contribution is -2.48. The van der Waals surface area contributed by atoms with Crippen LogP contribution in [0.15, 0.2) is 30.3 Å². The van der Waals surface area contributed by atoms with Gasteiger partial charge >= 0.3 is 0 Å². The van der Waals surface area contributed by atoms with Crippen molar-refractivity contribution in [3.63, 3.8) is 0 Å². The summed E-state index contributed by atoms with van der Waals surface area (Å²) < 4.78 is 0. The number of nitrogens with zero attached hydrogens (tertiary/aromatic N) is 2. The first-order valence-corrected chi connectivity index (χ1v) is 8.11. The number of amides is 1. The Morgan fingerprint density at radius 1 is 1.09 bits per heavy atom. The second-order valence-corrected chi connectivity index (χ2v) is 6.10. The molecule has 2 aliphatic heterocycles. The van der Waals surface area contributed by atoms with Crippen LogP contribution in [0.3, 0.4) is 0 Å². The van der Waals surface area contributed by atoms with Crippen LogP contribution in [-0.2, 0) is 4.79 Å². The van der Waals surface area contributed by atoms with Crippen molar-refractivity contribution in [2.24, 2.45) is 5.92 Å². The summed E-state index contributed by atoms with van der Waals surface area (Å²) in [5.41, 5.74) is 1.27. The number of para-hydroxylation sites is 1. The van der Waals surface area contributed by atoms with Crippen LogP contribution >= 0.6 is 24.8 Å². The molecule has 130 valence electrons. The standard InChI is InChI=1S/C17H25N3O.2ClH/c21-17(7-6-15-8-9-18-14-15)20-12-10-19(11-13-20)16-4-2-1-3-5-16;;/h1-5,15,18H,6-14H2;2*1H. The SMILES string of the molecule is Cl.Cl.O=C(CCC1CCNC1)N1CCN(c2ccccc2)CC1. The molecule has 1 aromatic carbocycles. The molecule has 23 heavy (non-hydrogen) atoms. The van der Waals surface area contributed by atoms with Crippen molar-refractivity contribution in [1.82, 2.24) is 10.2 Å². The summed E-state index contributed by atoms with van der Waals surface area (Å²) >= 11 is 0. The molecule has 4 nitrogen and oxygen atoms in total. The molecule has 2 heterocycles. The molecular weight excluding hydrogens is 333 g/mol. The fraction of sp³-hybridized carbons (Fsp3) is 0.588. The number of nitrogens with one attached hydrogen (secondary N) is 1. The van der Waals surface area contributed by atoms with Crippen LogP contribution in [0.25, 0.3) is 0 Å². The second kappa shape index (κ2) is 10.0. The predicted molar refractivity (Wildman–Crippen MR) is 99.9 cm³/mol. The van der Waals surface area contributed by atoms with Gasteiger partial charge < -0.3 is 15.1 Å². The fourth-order valence-corrected chi connectivity index (χ4v) is 3.30. The molecule has 0 aromatic heterocycles. The number of halogens is 2. The van der Waals surface area contributed by atoms with E-state index < -0.39 is 0 Å². The van der Waals surface area contributed by atoms with Gasteiger partial charge in [-0.1, -0.05) is 18.2 Å². The minimum Gasteiger partial charge on any atom is -0.368 e. The molecule has 3 rings (SSSR count). The maximum absolute atomic E-state index is 12.3. The van der Waals surface area contributed by atoms with E-state index in [0.717, 1.165) is 52.1 Å². The van der Waals surface area contributed by atoms with E-state index in [0.29, 0.717) is 11.8 Å². The van der Waals surface area contributed by atoms with Crippen LogP contribution in [0.2, 0.25) is 0 Å². The molecule has 0 spiro atoms. The van der Waals surface area contributed by atoms with E-state index in [2.05, 4.69) is 34.5 Å². The maximum atomic E-state index is 12.3. The highest BCUT2D eigenvalue weighted by molar-refractivity contribution is 5.85. The summed E-state index contributed by atoms with van der Waals surface area (Å²) in [6, 6.07) is 10.5. The molecule has 2 saturated heterocycles. The molecule has 1 unspecified atom stereocenters. The molecule has 0 radical (unpaired) electrons. The van der Waals surface area contributed by atoms with Gasteiger partial charge in [-0.25, -0.2) is 0 Å². The Morgan fingerprint density at radius 3 is 2.39 bits per heavy atom. The minimum atomic E-state index is 0. The van der Waals surface area contributed by atoms with E-state index in [1.54, 1.807) is 0 Å². The molecule has 2 aliphatic rings. The zero-order chi connectivity index (χ0) is 14.5. The normalized spacial score (nSPS) is 20.6. The second-order valence-electron chi connectivity index (χ2n) is 6.10. The van der Waals surface area contributed by atoms with E-state index >= 15 is 0 Å². The average molecular weight is 360 g/mol. The topological polar surface area (TPSA) is 35.6 Å². The Bertz CT molecular complexity index is 458. The molecule has 0 bridgehead atoms. The molecule has 1 aromatic rings. The number of piperazine rings is 1. The van der Waals surface area contributed by atoms with Crippen molar-refractivity contribution in [3.8, 4) is 0 Å². The van der Waals surface area contributed by atoms with Crippen molar-refractivity contribution >= 4 is 36.4 Å². The first-order valence-electron chi connectivity index (χ1n) is 8.11. The zero-order valence-corrected chi connectivity index (χ0v) is 15.1. The lowest BCUT2D eigenvalue weighted by molar-refractivity contribution is -0.131. The molecule has 1 atom stereocenters. The first-order chi connectivity index (χ1) is 10.3. The lowest BCUT2D eigenvalue weighted by atomic mass is 10.0. The average Bonchev–Trinajstić information content (AvgIpc) is 3.07. The summed E-state index contributed by atoms with van der Waals surface area (Å²) in [6.45, 7) is 5.82. The predicted octanol–water partition coefficient (Wildman–Crippen LogP) is 2.57. The number of rotatable bonds is 4.